The minimum Gasteiger partial charge on any atom is -0.307 e. The summed E-state index contributed by atoms with van der Waals surface area (Å²) in [5.41, 5.74) is 1.28. The van der Waals surface area contributed by atoms with Crippen molar-refractivity contribution in [1.82, 2.24) is 10.3 Å². The van der Waals surface area contributed by atoms with E-state index in [0.29, 0.717) is 12.1 Å². The molecule has 1 aliphatic rings. The maximum Gasteiger partial charge on any atom is 0.0315 e. The van der Waals surface area contributed by atoms with Crippen molar-refractivity contribution in [2.75, 3.05) is 0 Å². The zero-order valence-corrected chi connectivity index (χ0v) is 10.3. The van der Waals surface area contributed by atoms with Crippen molar-refractivity contribution >= 4 is 0 Å². The molecule has 1 N–H and O–H groups in total. The Bertz CT molecular complexity index is 304. The Balaban J connectivity index is 1.89. The highest BCUT2D eigenvalue weighted by atomic mass is 14.9. The third-order valence-corrected chi connectivity index (χ3v) is 3.80. The van der Waals surface area contributed by atoms with Gasteiger partial charge in [-0.3, -0.25) is 4.98 Å². The second kappa shape index (κ2) is 5.44. The van der Waals surface area contributed by atoms with E-state index < -0.39 is 0 Å². The van der Waals surface area contributed by atoms with Gasteiger partial charge in [-0.05, 0) is 44.2 Å². The van der Waals surface area contributed by atoms with Crippen LogP contribution in [0.4, 0.5) is 0 Å². The second-order valence-corrected chi connectivity index (χ2v) is 5.01. The highest BCUT2D eigenvalue weighted by Gasteiger charge is 2.22. The van der Waals surface area contributed by atoms with Gasteiger partial charge in [-0.2, -0.15) is 0 Å². The van der Waals surface area contributed by atoms with Crippen molar-refractivity contribution in [2.24, 2.45) is 5.92 Å². The molecule has 1 fully saturated rings. The van der Waals surface area contributed by atoms with Gasteiger partial charge < -0.3 is 5.32 Å². The molecular formula is C14H22N2. The van der Waals surface area contributed by atoms with E-state index in [-0.39, 0.29) is 0 Å². The van der Waals surface area contributed by atoms with Gasteiger partial charge in [-0.25, -0.2) is 0 Å². The molecule has 1 unspecified atom stereocenters. The van der Waals surface area contributed by atoms with Gasteiger partial charge >= 0.3 is 0 Å². The van der Waals surface area contributed by atoms with Crippen LogP contribution in [0.2, 0.25) is 0 Å². The number of rotatable bonds is 4. The first kappa shape index (κ1) is 11.6. The van der Waals surface area contributed by atoms with Gasteiger partial charge in [0, 0.05) is 24.5 Å². The van der Waals surface area contributed by atoms with E-state index in [4.69, 9.17) is 0 Å². The maximum absolute atomic E-state index is 4.17. The number of nitrogens with one attached hydrogen (secondary N) is 1. The summed E-state index contributed by atoms with van der Waals surface area (Å²) in [6.45, 7) is 4.55. The Kier molecular flexibility index (Phi) is 3.94. The molecule has 1 heterocycles. The van der Waals surface area contributed by atoms with E-state index in [2.05, 4.69) is 30.2 Å². The lowest BCUT2D eigenvalue weighted by Gasteiger charge is -2.24. The Morgan fingerprint density at radius 2 is 2.06 bits per heavy atom. The monoisotopic (exact) mass is 218 g/mol. The van der Waals surface area contributed by atoms with Crippen LogP contribution in [0, 0.1) is 5.92 Å². The van der Waals surface area contributed by atoms with Gasteiger partial charge in [0.1, 0.15) is 0 Å². The Labute approximate surface area is 98.5 Å². The average molecular weight is 218 g/mol. The van der Waals surface area contributed by atoms with Gasteiger partial charge in [0.05, 0.1) is 0 Å². The standard InChI is InChI=1S/C14H22N2/c1-11(13-6-3-4-7-13)16-12(2)14-8-5-9-15-10-14/h5,8-13,16H,3-4,6-7H2,1-2H3/t11-,12?/m0/s1. The lowest BCUT2D eigenvalue weighted by molar-refractivity contribution is 0.352. The van der Waals surface area contributed by atoms with Crippen LogP contribution in [-0.4, -0.2) is 11.0 Å². The third kappa shape index (κ3) is 2.82. The van der Waals surface area contributed by atoms with Crippen LogP contribution < -0.4 is 5.32 Å². The van der Waals surface area contributed by atoms with Crippen LogP contribution in [0.15, 0.2) is 24.5 Å². The van der Waals surface area contributed by atoms with Crippen molar-refractivity contribution in [1.29, 1.82) is 0 Å². The predicted molar refractivity (Wildman–Crippen MR) is 67.2 cm³/mol. The van der Waals surface area contributed by atoms with Crippen LogP contribution >= 0.6 is 0 Å². The molecule has 2 rings (SSSR count). The van der Waals surface area contributed by atoms with Gasteiger partial charge in [-0.1, -0.05) is 18.9 Å². The maximum atomic E-state index is 4.17. The fraction of sp³-hybridized carbons (Fsp3) is 0.643. The van der Waals surface area contributed by atoms with Crippen LogP contribution in [0.3, 0.4) is 0 Å². The summed E-state index contributed by atoms with van der Waals surface area (Å²) in [5.74, 6) is 0.874. The van der Waals surface area contributed by atoms with Gasteiger partial charge in [0.2, 0.25) is 0 Å². The lowest BCUT2D eigenvalue weighted by Crippen LogP contribution is -2.34. The predicted octanol–water partition coefficient (Wildman–Crippen LogP) is 3.31. The van der Waals surface area contributed by atoms with Crippen LogP contribution in [0.25, 0.3) is 0 Å². The Morgan fingerprint density at radius 1 is 1.31 bits per heavy atom. The van der Waals surface area contributed by atoms with E-state index >= 15 is 0 Å². The van der Waals surface area contributed by atoms with E-state index in [1.54, 1.807) is 0 Å². The highest BCUT2D eigenvalue weighted by molar-refractivity contribution is 5.13. The normalized spacial score (nSPS) is 20.9. The lowest BCUT2D eigenvalue weighted by atomic mass is 9.98. The molecule has 2 atom stereocenters. The number of pyridine rings is 1. The summed E-state index contributed by atoms with van der Waals surface area (Å²) in [6.07, 6.45) is 9.41. The largest absolute Gasteiger partial charge is 0.307 e. The zero-order valence-electron chi connectivity index (χ0n) is 10.3. The van der Waals surface area contributed by atoms with Gasteiger partial charge in [-0.15, -0.1) is 0 Å². The Morgan fingerprint density at radius 3 is 2.69 bits per heavy atom. The number of aromatic nitrogens is 1. The molecule has 0 radical (unpaired) electrons. The van der Waals surface area contributed by atoms with E-state index in [1.165, 1.54) is 31.2 Å². The topological polar surface area (TPSA) is 24.9 Å². The molecule has 16 heavy (non-hydrogen) atoms. The molecule has 1 aromatic rings. The van der Waals surface area contributed by atoms with Crippen LogP contribution in [0.1, 0.15) is 51.1 Å². The van der Waals surface area contributed by atoms with Crippen molar-refractivity contribution in [3.63, 3.8) is 0 Å². The summed E-state index contributed by atoms with van der Waals surface area (Å²) in [7, 11) is 0. The SMILES string of the molecule is CC(N[C@@H](C)C1CCCC1)c1cccnc1. The van der Waals surface area contributed by atoms with Crippen molar-refractivity contribution in [3.05, 3.63) is 30.1 Å². The van der Waals surface area contributed by atoms with Crippen molar-refractivity contribution in [2.45, 2.75) is 51.6 Å². The number of hydrogen-bond acceptors (Lipinski definition) is 2. The minimum atomic E-state index is 0.407. The van der Waals surface area contributed by atoms with Crippen LogP contribution in [-0.2, 0) is 0 Å². The molecule has 0 amide bonds. The first-order valence-electron chi connectivity index (χ1n) is 6.43. The summed E-state index contributed by atoms with van der Waals surface area (Å²) < 4.78 is 0. The van der Waals surface area contributed by atoms with Crippen molar-refractivity contribution < 1.29 is 0 Å². The fourth-order valence-corrected chi connectivity index (χ4v) is 2.72. The number of hydrogen-bond donors (Lipinski definition) is 1. The molecule has 0 aliphatic heterocycles. The number of nitrogens with zero attached hydrogens (tertiary/aromatic N) is 1. The molecule has 0 saturated heterocycles. The quantitative estimate of drug-likeness (QED) is 0.838. The Hall–Kier alpha value is -0.890. The molecule has 1 saturated carbocycles. The highest BCUT2D eigenvalue weighted by Crippen LogP contribution is 2.28. The molecule has 88 valence electrons. The van der Waals surface area contributed by atoms with Gasteiger partial charge in [0.25, 0.3) is 0 Å². The third-order valence-electron chi connectivity index (χ3n) is 3.80. The van der Waals surface area contributed by atoms with E-state index in [9.17, 15) is 0 Å². The van der Waals surface area contributed by atoms with Crippen LogP contribution in [0.5, 0.6) is 0 Å². The fourth-order valence-electron chi connectivity index (χ4n) is 2.72. The van der Waals surface area contributed by atoms with Gasteiger partial charge in [0.15, 0.2) is 0 Å². The smallest absolute Gasteiger partial charge is 0.0315 e. The minimum absolute atomic E-state index is 0.407. The van der Waals surface area contributed by atoms with E-state index in [1.807, 2.05) is 18.5 Å². The molecule has 2 heteroatoms. The second-order valence-electron chi connectivity index (χ2n) is 5.01. The zero-order chi connectivity index (χ0) is 11.4. The first-order valence-corrected chi connectivity index (χ1v) is 6.43. The molecule has 0 spiro atoms. The molecule has 1 aliphatic carbocycles. The van der Waals surface area contributed by atoms with Crippen molar-refractivity contribution in [3.8, 4) is 0 Å². The molecule has 2 nitrogen and oxygen atoms in total. The molecule has 1 aromatic heterocycles. The average Bonchev–Trinajstić information content (AvgIpc) is 2.83. The molecular weight excluding hydrogens is 196 g/mol. The first-order chi connectivity index (χ1) is 7.77. The molecule has 0 bridgehead atoms. The van der Waals surface area contributed by atoms with E-state index in [0.717, 1.165) is 5.92 Å². The summed E-state index contributed by atoms with van der Waals surface area (Å²) >= 11 is 0. The summed E-state index contributed by atoms with van der Waals surface area (Å²) in [5, 5.41) is 3.70. The summed E-state index contributed by atoms with van der Waals surface area (Å²) in [4.78, 5) is 4.17. The molecule has 0 aromatic carbocycles. The summed E-state index contributed by atoms with van der Waals surface area (Å²) in [6, 6.07) is 5.18.